The van der Waals surface area contributed by atoms with Gasteiger partial charge in [-0.05, 0) is 71.2 Å². The highest BCUT2D eigenvalue weighted by atomic mass is 127. The van der Waals surface area contributed by atoms with E-state index in [1.54, 1.807) is 18.2 Å². The molecule has 2 rings (SSSR count). The van der Waals surface area contributed by atoms with E-state index >= 15 is 0 Å². The molecular formula is C16H12BrCl3IN3OS. The van der Waals surface area contributed by atoms with Gasteiger partial charge in [0, 0.05) is 19.3 Å². The number of anilines is 1. The van der Waals surface area contributed by atoms with Crippen molar-refractivity contribution in [2.45, 2.75) is 9.96 Å². The zero-order valence-electron chi connectivity index (χ0n) is 12.9. The van der Waals surface area contributed by atoms with Crippen molar-refractivity contribution in [2.75, 3.05) is 5.32 Å². The lowest BCUT2D eigenvalue weighted by atomic mass is 10.2. The predicted octanol–water partition coefficient (Wildman–Crippen LogP) is 5.47. The van der Waals surface area contributed by atoms with Gasteiger partial charge >= 0.3 is 0 Å². The lowest BCUT2D eigenvalue weighted by Gasteiger charge is -2.27. The molecular weight excluding hydrogens is 595 g/mol. The molecule has 26 heavy (non-hydrogen) atoms. The number of hydrogen-bond donors (Lipinski definition) is 3. The Morgan fingerprint density at radius 1 is 1.12 bits per heavy atom. The van der Waals surface area contributed by atoms with Gasteiger partial charge in [-0.2, -0.15) is 0 Å². The van der Waals surface area contributed by atoms with Gasteiger partial charge in [0.05, 0.1) is 0 Å². The van der Waals surface area contributed by atoms with Crippen LogP contribution in [0.3, 0.4) is 0 Å². The maximum absolute atomic E-state index is 12.4. The first kappa shape index (κ1) is 22.0. The number of carbonyl (C=O) groups is 1. The average molecular weight is 608 g/mol. The average Bonchev–Trinajstić information content (AvgIpc) is 2.53. The number of carbonyl (C=O) groups excluding carboxylic acids is 1. The summed E-state index contributed by atoms with van der Waals surface area (Å²) >= 11 is 28.7. The second-order valence-corrected chi connectivity index (χ2v) is 10.0. The first-order valence-electron chi connectivity index (χ1n) is 7.11. The minimum Gasteiger partial charge on any atom is -0.339 e. The lowest BCUT2D eigenvalue weighted by molar-refractivity contribution is 0.0934. The van der Waals surface area contributed by atoms with E-state index in [-0.39, 0.29) is 5.11 Å². The Morgan fingerprint density at radius 3 is 2.42 bits per heavy atom. The SMILES string of the molecule is O=C(N[C@@H](NC(=S)Nc1cccc(Br)c1)C(Cl)(Cl)Cl)c1cccc(I)c1. The third-order valence-electron chi connectivity index (χ3n) is 3.05. The van der Waals surface area contributed by atoms with Crippen molar-refractivity contribution in [2.24, 2.45) is 0 Å². The summed E-state index contributed by atoms with van der Waals surface area (Å²) in [7, 11) is 0. The summed E-state index contributed by atoms with van der Waals surface area (Å²) in [5, 5.41) is 8.62. The number of hydrogen-bond acceptors (Lipinski definition) is 2. The Morgan fingerprint density at radius 2 is 1.81 bits per heavy atom. The monoisotopic (exact) mass is 605 g/mol. The van der Waals surface area contributed by atoms with Crippen LogP contribution in [0.25, 0.3) is 0 Å². The molecule has 2 aromatic rings. The number of thiocarbonyl (C=S) groups is 1. The van der Waals surface area contributed by atoms with Crippen LogP contribution in [-0.4, -0.2) is 21.0 Å². The highest BCUT2D eigenvalue weighted by molar-refractivity contribution is 14.1. The van der Waals surface area contributed by atoms with E-state index in [0.29, 0.717) is 5.56 Å². The Kier molecular flexibility index (Phi) is 8.24. The Labute approximate surface area is 193 Å². The van der Waals surface area contributed by atoms with Crippen LogP contribution in [0, 0.1) is 3.57 Å². The molecule has 4 nitrogen and oxygen atoms in total. The largest absolute Gasteiger partial charge is 0.339 e. The van der Waals surface area contributed by atoms with E-state index in [1.807, 2.05) is 30.3 Å². The Balaban J connectivity index is 2.07. The van der Waals surface area contributed by atoms with Gasteiger partial charge in [-0.1, -0.05) is 62.9 Å². The Hall–Kier alpha value is -0.320. The molecule has 3 N–H and O–H groups in total. The van der Waals surface area contributed by atoms with Crippen molar-refractivity contribution in [3.8, 4) is 0 Å². The van der Waals surface area contributed by atoms with Crippen LogP contribution in [0.15, 0.2) is 53.0 Å². The van der Waals surface area contributed by atoms with Gasteiger partial charge < -0.3 is 16.0 Å². The van der Waals surface area contributed by atoms with Gasteiger partial charge in [0.1, 0.15) is 6.17 Å². The number of benzene rings is 2. The quantitative estimate of drug-likeness (QED) is 0.187. The maximum Gasteiger partial charge on any atom is 0.253 e. The summed E-state index contributed by atoms with van der Waals surface area (Å²) in [5.74, 6) is -0.391. The third-order valence-corrected chi connectivity index (χ3v) is 5.09. The molecule has 1 amide bonds. The topological polar surface area (TPSA) is 53.2 Å². The molecule has 0 radical (unpaired) electrons. The number of amides is 1. The summed E-state index contributed by atoms with van der Waals surface area (Å²) in [5.41, 5.74) is 1.19. The van der Waals surface area contributed by atoms with Gasteiger partial charge in [-0.25, -0.2) is 0 Å². The summed E-state index contributed by atoms with van der Waals surface area (Å²) in [4.78, 5) is 12.4. The normalized spacial score (nSPS) is 12.2. The molecule has 138 valence electrons. The summed E-state index contributed by atoms with van der Waals surface area (Å²) in [6, 6.07) is 14.4. The third kappa shape index (κ3) is 7.01. The minimum atomic E-state index is -1.82. The van der Waals surface area contributed by atoms with E-state index < -0.39 is 15.9 Å². The van der Waals surface area contributed by atoms with Gasteiger partial charge in [0.2, 0.25) is 3.79 Å². The molecule has 0 saturated carbocycles. The molecule has 0 saturated heterocycles. The zero-order chi connectivity index (χ0) is 19.3. The van der Waals surface area contributed by atoms with Crippen LogP contribution in [0.4, 0.5) is 5.69 Å². The van der Waals surface area contributed by atoms with Crippen LogP contribution < -0.4 is 16.0 Å². The van der Waals surface area contributed by atoms with Crippen molar-refractivity contribution in [1.82, 2.24) is 10.6 Å². The number of rotatable bonds is 4. The smallest absolute Gasteiger partial charge is 0.253 e. The second-order valence-electron chi connectivity index (χ2n) is 5.07. The molecule has 0 fully saturated rings. The molecule has 0 heterocycles. The molecule has 0 bridgehead atoms. The van der Waals surface area contributed by atoms with Crippen molar-refractivity contribution in [1.29, 1.82) is 0 Å². The van der Waals surface area contributed by atoms with Crippen molar-refractivity contribution < 1.29 is 4.79 Å². The van der Waals surface area contributed by atoms with Crippen molar-refractivity contribution >= 4 is 102 Å². The first-order valence-corrected chi connectivity index (χ1v) is 10.5. The van der Waals surface area contributed by atoms with Gasteiger partial charge in [0.15, 0.2) is 5.11 Å². The molecule has 0 aliphatic rings. The summed E-state index contributed by atoms with van der Waals surface area (Å²) < 4.78 is -0.0173. The van der Waals surface area contributed by atoms with Gasteiger partial charge in [-0.3, -0.25) is 4.79 Å². The Bertz CT molecular complexity index is 819. The number of halogens is 5. The molecule has 10 heteroatoms. The molecule has 0 unspecified atom stereocenters. The van der Waals surface area contributed by atoms with Crippen LogP contribution in [0.1, 0.15) is 10.4 Å². The zero-order valence-corrected chi connectivity index (χ0v) is 19.7. The fourth-order valence-electron chi connectivity index (χ4n) is 1.91. The molecule has 2 aromatic carbocycles. The van der Waals surface area contributed by atoms with E-state index in [0.717, 1.165) is 13.7 Å². The van der Waals surface area contributed by atoms with E-state index in [9.17, 15) is 4.79 Å². The molecule has 0 spiro atoms. The van der Waals surface area contributed by atoms with Crippen molar-refractivity contribution in [3.05, 3.63) is 62.1 Å². The maximum atomic E-state index is 12.4. The van der Waals surface area contributed by atoms with E-state index in [4.69, 9.17) is 47.0 Å². The first-order chi connectivity index (χ1) is 12.1. The fourth-order valence-corrected chi connectivity index (χ4v) is 3.41. The highest BCUT2D eigenvalue weighted by Gasteiger charge is 2.34. The molecule has 0 aliphatic heterocycles. The van der Waals surface area contributed by atoms with Crippen LogP contribution in [-0.2, 0) is 0 Å². The number of nitrogens with one attached hydrogen (secondary N) is 3. The van der Waals surface area contributed by atoms with E-state index in [1.165, 1.54) is 0 Å². The van der Waals surface area contributed by atoms with Gasteiger partial charge in [0.25, 0.3) is 5.91 Å². The molecule has 0 aromatic heterocycles. The number of alkyl halides is 3. The fraction of sp³-hybridized carbons (Fsp3) is 0.125. The predicted molar refractivity (Wildman–Crippen MR) is 124 cm³/mol. The summed E-state index contributed by atoms with van der Waals surface area (Å²) in [6.45, 7) is 0. The highest BCUT2D eigenvalue weighted by Crippen LogP contribution is 2.29. The van der Waals surface area contributed by atoms with Gasteiger partial charge in [-0.15, -0.1) is 0 Å². The molecule has 0 aliphatic carbocycles. The minimum absolute atomic E-state index is 0.197. The van der Waals surface area contributed by atoms with Crippen molar-refractivity contribution in [3.63, 3.8) is 0 Å². The van der Waals surface area contributed by atoms with Crippen LogP contribution in [0.5, 0.6) is 0 Å². The lowest BCUT2D eigenvalue weighted by Crippen LogP contribution is -2.56. The van der Waals surface area contributed by atoms with E-state index in [2.05, 4.69) is 54.5 Å². The second kappa shape index (κ2) is 9.75. The standard InChI is InChI=1S/C16H12BrCl3IN3OS/c17-10-4-2-6-12(8-10)22-15(26)24-14(16(18,19)20)23-13(25)9-3-1-5-11(21)7-9/h1-8,14H,(H,23,25)(H2,22,24,26)/t14-/m0/s1. The molecule has 1 atom stereocenters. The van der Waals surface area contributed by atoms with Crippen LogP contribution >= 0.6 is 85.5 Å². The summed E-state index contributed by atoms with van der Waals surface area (Å²) in [6.07, 6.45) is -1.04. The van der Waals surface area contributed by atoms with Crippen LogP contribution in [0.2, 0.25) is 0 Å².